The van der Waals surface area contributed by atoms with Crippen LogP contribution in [0.4, 0.5) is 0 Å². The monoisotopic (exact) mass is 281 g/mol. The first kappa shape index (κ1) is 14.2. The van der Waals surface area contributed by atoms with E-state index in [9.17, 15) is 0 Å². The smallest absolute Gasteiger partial charge is 0.105 e. The topological polar surface area (TPSA) is 43.0 Å². The highest BCUT2D eigenvalue weighted by molar-refractivity contribution is 6.31. The molecule has 4 nitrogen and oxygen atoms in total. The minimum Gasteiger partial charge on any atom is -0.469 e. The number of aryl methyl sites for hydroxylation is 2. The summed E-state index contributed by atoms with van der Waals surface area (Å²) in [5.74, 6) is 0.991. The van der Waals surface area contributed by atoms with E-state index in [4.69, 9.17) is 16.0 Å². The molecule has 5 heteroatoms. The van der Waals surface area contributed by atoms with Crippen molar-refractivity contribution in [1.29, 1.82) is 0 Å². The molecule has 0 aliphatic carbocycles. The summed E-state index contributed by atoms with van der Waals surface area (Å²) >= 11 is 6.31. The number of hydrogen-bond acceptors (Lipinski definition) is 3. The second kappa shape index (κ2) is 6.26. The van der Waals surface area contributed by atoms with Crippen molar-refractivity contribution in [1.82, 2.24) is 15.1 Å². The van der Waals surface area contributed by atoms with Crippen molar-refractivity contribution in [3.05, 3.63) is 40.6 Å². The lowest BCUT2D eigenvalue weighted by atomic mass is 10.2. The van der Waals surface area contributed by atoms with Gasteiger partial charge in [-0.1, -0.05) is 18.5 Å². The Labute approximate surface area is 118 Å². The van der Waals surface area contributed by atoms with Crippen LogP contribution in [0.3, 0.4) is 0 Å². The van der Waals surface area contributed by atoms with E-state index in [0.29, 0.717) is 12.6 Å². The number of aromatic nitrogens is 2. The van der Waals surface area contributed by atoms with Gasteiger partial charge in [-0.25, -0.2) is 0 Å². The van der Waals surface area contributed by atoms with Gasteiger partial charge >= 0.3 is 0 Å². The van der Waals surface area contributed by atoms with Crippen molar-refractivity contribution in [3.8, 4) is 0 Å². The molecule has 0 bridgehead atoms. The molecule has 1 atom stereocenters. The van der Waals surface area contributed by atoms with E-state index in [1.807, 2.05) is 23.9 Å². The molecule has 2 rings (SSSR count). The molecule has 19 heavy (non-hydrogen) atoms. The number of rotatable bonds is 6. The fourth-order valence-electron chi connectivity index (χ4n) is 2.09. The van der Waals surface area contributed by atoms with E-state index < -0.39 is 0 Å². The summed E-state index contributed by atoms with van der Waals surface area (Å²) in [6.07, 6.45) is 3.42. The minimum atomic E-state index is 0.321. The summed E-state index contributed by atoms with van der Waals surface area (Å²) in [6.45, 7) is 4.91. The molecule has 0 fully saturated rings. The lowest BCUT2D eigenvalue weighted by Gasteiger charge is -2.12. The standard InChI is InChI=1S/C14H20ClN3O/c1-4-12-14(15)13(18(3)17-12)9-16-10(2)8-11-6-5-7-19-11/h5-7,10,16H,4,8-9H2,1-3H3. The van der Waals surface area contributed by atoms with Gasteiger partial charge in [0.05, 0.1) is 22.7 Å². The maximum atomic E-state index is 6.31. The Morgan fingerprint density at radius 2 is 2.32 bits per heavy atom. The first-order valence-electron chi connectivity index (χ1n) is 6.57. The van der Waals surface area contributed by atoms with E-state index in [1.54, 1.807) is 6.26 Å². The fraction of sp³-hybridized carbons (Fsp3) is 0.500. The molecule has 2 aromatic heterocycles. The van der Waals surface area contributed by atoms with Crippen LogP contribution < -0.4 is 5.32 Å². The third-order valence-electron chi connectivity index (χ3n) is 3.21. The van der Waals surface area contributed by atoms with Gasteiger partial charge in [0.2, 0.25) is 0 Å². The van der Waals surface area contributed by atoms with Crippen molar-refractivity contribution in [3.63, 3.8) is 0 Å². The molecule has 0 aromatic carbocycles. The zero-order valence-electron chi connectivity index (χ0n) is 11.6. The number of nitrogens with zero attached hydrogens (tertiary/aromatic N) is 2. The molecule has 104 valence electrons. The van der Waals surface area contributed by atoms with Crippen molar-refractivity contribution in [2.24, 2.45) is 7.05 Å². The number of hydrogen-bond donors (Lipinski definition) is 1. The Morgan fingerprint density at radius 1 is 1.53 bits per heavy atom. The predicted octanol–water partition coefficient (Wildman–Crippen LogP) is 2.95. The van der Waals surface area contributed by atoms with Crippen LogP contribution in [0.15, 0.2) is 22.8 Å². The Balaban J connectivity index is 1.93. The molecule has 0 saturated heterocycles. The summed E-state index contributed by atoms with van der Waals surface area (Å²) in [7, 11) is 1.93. The van der Waals surface area contributed by atoms with Crippen LogP contribution in [0.5, 0.6) is 0 Å². The Hall–Kier alpha value is -1.26. The maximum absolute atomic E-state index is 6.31. The molecule has 1 unspecified atom stereocenters. The van der Waals surface area contributed by atoms with Gasteiger partial charge < -0.3 is 9.73 Å². The highest BCUT2D eigenvalue weighted by Gasteiger charge is 2.14. The van der Waals surface area contributed by atoms with Gasteiger partial charge in [-0.05, 0) is 25.5 Å². The third kappa shape index (κ3) is 3.39. The average molecular weight is 282 g/mol. The molecule has 0 radical (unpaired) electrons. The van der Waals surface area contributed by atoms with Crippen LogP contribution in [0.2, 0.25) is 5.02 Å². The molecule has 0 saturated carbocycles. The largest absolute Gasteiger partial charge is 0.469 e. The first-order valence-corrected chi connectivity index (χ1v) is 6.95. The van der Waals surface area contributed by atoms with Gasteiger partial charge in [0.25, 0.3) is 0 Å². The highest BCUT2D eigenvalue weighted by Crippen LogP contribution is 2.20. The lowest BCUT2D eigenvalue weighted by molar-refractivity contribution is 0.452. The van der Waals surface area contributed by atoms with Crippen molar-refractivity contribution in [2.45, 2.75) is 39.3 Å². The molecule has 0 aliphatic heterocycles. The zero-order chi connectivity index (χ0) is 13.8. The third-order valence-corrected chi connectivity index (χ3v) is 3.64. The van der Waals surface area contributed by atoms with Crippen molar-refractivity contribution in [2.75, 3.05) is 0 Å². The van der Waals surface area contributed by atoms with E-state index in [0.717, 1.165) is 35.0 Å². The number of halogens is 1. The molecule has 0 spiro atoms. The second-order valence-corrected chi connectivity index (χ2v) is 5.13. The van der Waals surface area contributed by atoms with Gasteiger partial charge in [-0.2, -0.15) is 5.10 Å². The Bertz CT molecular complexity index is 519. The SMILES string of the molecule is CCc1nn(C)c(CNC(C)Cc2ccco2)c1Cl. The molecular weight excluding hydrogens is 262 g/mol. The quantitative estimate of drug-likeness (QED) is 0.885. The van der Waals surface area contributed by atoms with E-state index in [1.165, 1.54) is 0 Å². The summed E-state index contributed by atoms with van der Waals surface area (Å²) in [5, 5.41) is 8.64. The minimum absolute atomic E-state index is 0.321. The summed E-state index contributed by atoms with van der Waals surface area (Å²) < 4.78 is 7.20. The van der Waals surface area contributed by atoms with Gasteiger partial charge in [-0.3, -0.25) is 4.68 Å². The van der Waals surface area contributed by atoms with E-state index in [2.05, 4.69) is 24.3 Å². The maximum Gasteiger partial charge on any atom is 0.105 e. The second-order valence-electron chi connectivity index (χ2n) is 4.75. The van der Waals surface area contributed by atoms with Gasteiger partial charge in [-0.15, -0.1) is 0 Å². The zero-order valence-corrected chi connectivity index (χ0v) is 12.4. The first-order chi connectivity index (χ1) is 9.11. The van der Waals surface area contributed by atoms with E-state index >= 15 is 0 Å². The molecule has 2 aromatic rings. The summed E-state index contributed by atoms with van der Waals surface area (Å²) in [4.78, 5) is 0. The van der Waals surface area contributed by atoms with Crippen molar-refractivity contribution < 1.29 is 4.42 Å². The lowest BCUT2D eigenvalue weighted by Crippen LogP contribution is -2.28. The fourth-order valence-corrected chi connectivity index (χ4v) is 2.45. The van der Waals surface area contributed by atoms with Gasteiger partial charge in [0.1, 0.15) is 5.76 Å². The predicted molar refractivity (Wildman–Crippen MR) is 76.3 cm³/mol. The van der Waals surface area contributed by atoms with Crippen LogP contribution >= 0.6 is 11.6 Å². The molecular formula is C14H20ClN3O. The Kier molecular flexibility index (Phi) is 4.66. The van der Waals surface area contributed by atoms with Crippen LogP contribution in [0.1, 0.15) is 31.0 Å². The van der Waals surface area contributed by atoms with Gasteiger partial charge in [0.15, 0.2) is 0 Å². The van der Waals surface area contributed by atoms with Crippen LogP contribution in [-0.4, -0.2) is 15.8 Å². The molecule has 1 N–H and O–H groups in total. The van der Waals surface area contributed by atoms with Crippen LogP contribution in [0.25, 0.3) is 0 Å². The van der Waals surface area contributed by atoms with Crippen molar-refractivity contribution >= 4 is 11.6 Å². The van der Waals surface area contributed by atoms with E-state index in [-0.39, 0.29) is 0 Å². The highest BCUT2D eigenvalue weighted by atomic mass is 35.5. The molecule has 2 heterocycles. The Morgan fingerprint density at radius 3 is 2.89 bits per heavy atom. The molecule has 0 amide bonds. The average Bonchev–Trinajstić information content (AvgIpc) is 2.96. The number of furan rings is 1. The van der Waals surface area contributed by atoms with Gasteiger partial charge in [0, 0.05) is 26.1 Å². The molecule has 0 aliphatic rings. The summed E-state index contributed by atoms with van der Waals surface area (Å²) in [6, 6.07) is 4.22. The normalized spacial score (nSPS) is 12.8. The van der Waals surface area contributed by atoms with Crippen LogP contribution in [-0.2, 0) is 26.4 Å². The van der Waals surface area contributed by atoms with Crippen LogP contribution in [0, 0.1) is 0 Å². The number of nitrogens with one attached hydrogen (secondary N) is 1. The summed E-state index contributed by atoms with van der Waals surface area (Å²) in [5.41, 5.74) is 1.99.